The number of ether oxygens (including phenoxy) is 2. The number of hydrogen-bond acceptors (Lipinski definition) is 3. The minimum atomic E-state index is -0.384. The summed E-state index contributed by atoms with van der Waals surface area (Å²) in [7, 11) is 0. The third kappa shape index (κ3) is 4.81. The zero-order valence-corrected chi connectivity index (χ0v) is 10.7. The Morgan fingerprint density at radius 2 is 1.81 bits per heavy atom. The van der Waals surface area contributed by atoms with E-state index in [0.29, 0.717) is 13.2 Å². The Hall–Kier alpha value is -0.120. The van der Waals surface area contributed by atoms with Crippen LogP contribution in [0.1, 0.15) is 58.8 Å². The number of aliphatic hydroxyl groups excluding tert-OH is 1. The van der Waals surface area contributed by atoms with Crippen LogP contribution in [-0.2, 0) is 9.47 Å². The summed E-state index contributed by atoms with van der Waals surface area (Å²) in [4.78, 5) is 0. The van der Waals surface area contributed by atoms with E-state index in [4.69, 9.17) is 9.47 Å². The smallest absolute Gasteiger partial charge is 0.168 e. The molecule has 1 saturated heterocycles. The lowest BCUT2D eigenvalue weighted by Gasteiger charge is -2.28. The predicted molar refractivity (Wildman–Crippen MR) is 64.3 cm³/mol. The highest BCUT2D eigenvalue weighted by Gasteiger charge is 2.35. The molecular formula is C13H26O3. The van der Waals surface area contributed by atoms with Crippen LogP contribution in [0.5, 0.6) is 0 Å². The van der Waals surface area contributed by atoms with E-state index in [1.54, 1.807) is 0 Å². The molecule has 1 heterocycles. The summed E-state index contributed by atoms with van der Waals surface area (Å²) < 4.78 is 11.5. The van der Waals surface area contributed by atoms with Crippen LogP contribution >= 0.6 is 0 Å². The van der Waals surface area contributed by atoms with Crippen molar-refractivity contribution in [2.24, 2.45) is 0 Å². The van der Waals surface area contributed by atoms with E-state index in [-0.39, 0.29) is 11.9 Å². The van der Waals surface area contributed by atoms with Crippen LogP contribution in [0, 0.1) is 0 Å². The molecule has 0 spiro atoms. The van der Waals surface area contributed by atoms with Crippen LogP contribution in [-0.4, -0.2) is 30.2 Å². The van der Waals surface area contributed by atoms with Gasteiger partial charge in [-0.1, -0.05) is 26.2 Å². The van der Waals surface area contributed by atoms with Gasteiger partial charge < -0.3 is 14.6 Å². The average molecular weight is 230 g/mol. The summed E-state index contributed by atoms with van der Waals surface area (Å²) in [6, 6.07) is 0. The van der Waals surface area contributed by atoms with Crippen molar-refractivity contribution < 1.29 is 14.6 Å². The molecule has 0 aromatic heterocycles. The SMILES string of the molecule is CCCCCCC1(CCC(C)O)OCCO1. The van der Waals surface area contributed by atoms with Crippen molar-refractivity contribution in [2.75, 3.05) is 13.2 Å². The van der Waals surface area contributed by atoms with Crippen LogP contribution in [0.3, 0.4) is 0 Å². The minimum Gasteiger partial charge on any atom is -0.393 e. The standard InChI is InChI=1S/C13H26O3/c1-3-4-5-6-8-13(9-7-12(2)14)15-10-11-16-13/h12,14H,3-11H2,1-2H3. The molecule has 1 rings (SSSR count). The molecule has 3 nitrogen and oxygen atoms in total. The van der Waals surface area contributed by atoms with Gasteiger partial charge in [0.2, 0.25) is 0 Å². The highest BCUT2D eigenvalue weighted by molar-refractivity contribution is 4.75. The zero-order valence-electron chi connectivity index (χ0n) is 10.7. The largest absolute Gasteiger partial charge is 0.393 e. The first-order chi connectivity index (χ1) is 7.68. The van der Waals surface area contributed by atoms with Crippen molar-refractivity contribution >= 4 is 0 Å². The molecule has 3 heteroatoms. The van der Waals surface area contributed by atoms with Gasteiger partial charge in [0.05, 0.1) is 19.3 Å². The molecule has 16 heavy (non-hydrogen) atoms. The van der Waals surface area contributed by atoms with Crippen LogP contribution in [0.25, 0.3) is 0 Å². The second kappa shape index (κ2) is 7.25. The van der Waals surface area contributed by atoms with E-state index in [9.17, 15) is 5.11 Å². The van der Waals surface area contributed by atoms with Gasteiger partial charge >= 0.3 is 0 Å². The van der Waals surface area contributed by atoms with E-state index in [0.717, 1.165) is 25.7 Å². The Morgan fingerprint density at radius 1 is 1.12 bits per heavy atom. The van der Waals surface area contributed by atoms with Crippen molar-refractivity contribution in [1.82, 2.24) is 0 Å². The molecule has 1 atom stereocenters. The van der Waals surface area contributed by atoms with E-state index >= 15 is 0 Å². The van der Waals surface area contributed by atoms with Crippen molar-refractivity contribution in [3.63, 3.8) is 0 Å². The maximum absolute atomic E-state index is 9.33. The third-order valence-corrected chi connectivity index (χ3v) is 3.17. The lowest BCUT2D eigenvalue weighted by Crippen LogP contribution is -2.31. The molecule has 1 N–H and O–H groups in total. The molecule has 0 radical (unpaired) electrons. The molecule has 0 aromatic carbocycles. The van der Waals surface area contributed by atoms with Crippen LogP contribution in [0.2, 0.25) is 0 Å². The molecule has 1 fully saturated rings. The van der Waals surface area contributed by atoms with Crippen molar-refractivity contribution in [3.8, 4) is 0 Å². The highest BCUT2D eigenvalue weighted by atomic mass is 16.7. The fraction of sp³-hybridized carbons (Fsp3) is 1.00. The molecule has 0 aromatic rings. The van der Waals surface area contributed by atoms with Gasteiger partial charge in [0.1, 0.15) is 0 Å². The zero-order chi connectivity index (χ0) is 11.9. The van der Waals surface area contributed by atoms with Gasteiger partial charge in [-0.15, -0.1) is 0 Å². The number of aliphatic hydroxyl groups is 1. The van der Waals surface area contributed by atoms with E-state index in [1.807, 2.05) is 6.92 Å². The van der Waals surface area contributed by atoms with Crippen LogP contribution < -0.4 is 0 Å². The maximum atomic E-state index is 9.33. The summed E-state index contributed by atoms with van der Waals surface area (Å²) in [6.07, 6.45) is 7.23. The molecule has 1 aliphatic heterocycles. The molecule has 0 bridgehead atoms. The van der Waals surface area contributed by atoms with Gasteiger partial charge in [0, 0.05) is 12.8 Å². The normalized spacial score (nSPS) is 21.2. The highest BCUT2D eigenvalue weighted by Crippen LogP contribution is 2.31. The molecule has 0 saturated carbocycles. The van der Waals surface area contributed by atoms with Gasteiger partial charge in [0.25, 0.3) is 0 Å². The Morgan fingerprint density at radius 3 is 2.38 bits per heavy atom. The molecule has 1 aliphatic rings. The topological polar surface area (TPSA) is 38.7 Å². The van der Waals surface area contributed by atoms with E-state index in [1.165, 1.54) is 19.3 Å². The first-order valence-corrected chi connectivity index (χ1v) is 6.64. The summed E-state index contributed by atoms with van der Waals surface area (Å²) in [5, 5.41) is 9.33. The monoisotopic (exact) mass is 230 g/mol. The van der Waals surface area contributed by atoms with Crippen molar-refractivity contribution in [2.45, 2.75) is 70.7 Å². The molecule has 0 aliphatic carbocycles. The van der Waals surface area contributed by atoms with Gasteiger partial charge in [0.15, 0.2) is 5.79 Å². The summed E-state index contributed by atoms with van der Waals surface area (Å²) in [6.45, 7) is 5.44. The van der Waals surface area contributed by atoms with Crippen molar-refractivity contribution in [1.29, 1.82) is 0 Å². The van der Waals surface area contributed by atoms with E-state index in [2.05, 4.69) is 6.92 Å². The second-order valence-electron chi connectivity index (χ2n) is 4.81. The molecule has 0 amide bonds. The maximum Gasteiger partial charge on any atom is 0.168 e. The van der Waals surface area contributed by atoms with Gasteiger partial charge in [-0.25, -0.2) is 0 Å². The van der Waals surface area contributed by atoms with E-state index < -0.39 is 0 Å². The van der Waals surface area contributed by atoms with Gasteiger partial charge in [-0.3, -0.25) is 0 Å². The first kappa shape index (κ1) is 13.9. The summed E-state index contributed by atoms with van der Waals surface area (Å²) >= 11 is 0. The first-order valence-electron chi connectivity index (χ1n) is 6.64. The lowest BCUT2D eigenvalue weighted by atomic mass is 10.0. The molecule has 96 valence electrons. The fourth-order valence-electron chi connectivity index (χ4n) is 2.16. The number of unbranched alkanes of at least 4 members (excludes halogenated alkanes) is 3. The van der Waals surface area contributed by atoms with Gasteiger partial charge in [-0.05, 0) is 19.8 Å². The second-order valence-corrected chi connectivity index (χ2v) is 4.81. The minimum absolute atomic E-state index is 0.264. The number of rotatable bonds is 8. The Bertz CT molecular complexity index is 174. The molecule has 1 unspecified atom stereocenters. The van der Waals surface area contributed by atoms with Gasteiger partial charge in [-0.2, -0.15) is 0 Å². The quantitative estimate of drug-likeness (QED) is 0.652. The summed E-state index contributed by atoms with van der Waals surface area (Å²) in [5.41, 5.74) is 0. The fourth-order valence-corrected chi connectivity index (χ4v) is 2.16. The lowest BCUT2D eigenvalue weighted by molar-refractivity contribution is -0.171. The van der Waals surface area contributed by atoms with Crippen molar-refractivity contribution in [3.05, 3.63) is 0 Å². The number of hydrogen-bond donors (Lipinski definition) is 1. The van der Waals surface area contributed by atoms with Crippen LogP contribution in [0.4, 0.5) is 0 Å². The summed E-state index contributed by atoms with van der Waals surface area (Å²) in [5.74, 6) is -0.384. The predicted octanol–water partition coefficient (Wildman–Crippen LogP) is 2.86. The Labute approximate surface area is 99.1 Å². The van der Waals surface area contributed by atoms with Crippen LogP contribution in [0.15, 0.2) is 0 Å². The molecular weight excluding hydrogens is 204 g/mol. The average Bonchev–Trinajstić information content (AvgIpc) is 2.71. The third-order valence-electron chi connectivity index (χ3n) is 3.17. The Kier molecular flexibility index (Phi) is 6.32. The Balaban J connectivity index is 2.27.